The van der Waals surface area contributed by atoms with Gasteiger partial charge in [0.1, 0.15) is 6.61 Å². The Morgan fingerprint density at radius 3 is 2.30 bits per heavy atom. The summed E-state index contributed by atoms with van der Waals surface area (Å²) < 4.78 is 10.4. The van der Waals surface area contributed by atoms with Crippen LogP contribution in [0.4, 0.5) is 4.79 Å². The fourth-order valence-electron chi connectivity index (χ4n) is 2.90. The second-order valence-electron chi connectivity index (χ2n) is 6.95. The minimum atomic E-state index is -0.224. The van der Waals surface area contributed by atoms with Crippen LogP contribution in [0.2, 0.25) is 0 Å². The van der Waals surface area contributed by atoms with Crippen molar-refractivity contribution in [2.45, 2.75) is 20.0 Å². The number of hydrogen-bond donors (Lipinski definition) is 2. The Morgan fingerprint density at radius 2 is 1.63 bits per heavy atom. The number of amides is 2. The number of aromatic nitrogens is 1. The van der Waals surface area contributed by atoms with E-state index in [1.54, 1.807) is 19.4 Å². The molecule has 156 valence electrons. The summed E-state index contributed by atoms with van der Waals surface area (Å²) >= 11 is 0. The van der Waals surface area contributed by atoms with Crippen LogP contribution >= 0.6 is 0 Å². The highest BCUT2D eigenvalue weighted by molar-refractivity contribution is 5.73. The van der Waals surface area contributed by atoms with Crippen LogP contribution in [0.1, 0.15) is 16.7 Å². The lowest BCUT2D eigenvalue weighted by Gasteiger charge is -2.09. The summed E-state index contributed by atoms with van der Waals surface area (Å²) in [6, 6.07) is 20.0. The predicted molar refractivity (Wildman–Crippen MR) is 117 cm³/mol. The van der Waals surface area contributed by atoms with E-state index < -0.39 is 0 Å². The van der Waals surface area contributed by atoms with Crippen LogP contribution in [0.3, 0.4) is 0 Å². The fourth-order valence-corrected chi connectivity index (χ4v) is 2.90. The lowest BCUT2D eigenvalue weighted by atomic mass is 10.0. The molecule has 0 aliphatic rings. The SMILES string of the molecule is COCCOc1ccc(CNC(=O)NCc2ccc(-c3cccc(C)c3)cc2)cn1. The van der Waals surface area contributed by atoms with Gasteiger partial charge in [-0.15, -0.1) is 0 Å². The van der Waals surface area contributed by atoms with Gasteiger partial charge in [0.15, 0.2) is 0 Å². The first-order valence-corrected chi connectivity index (χ1v) is 9.88. The van der Waals surface area contributed by atoms with Gasteiger partial charge in [-0.3, -0.25) is 0 Å². The first-order chi connectivity index (χ1) is 14.6. The molecule has 0 unspecified atom stereocenters. The van der Waals surface area contributed by atoms with Crippen LogP contribution in [0.15, 0.2) is 66.9 Å². The Balaban J connectivity index is 1.42. The normalized spacial score (nSPS) is 10.5. The topological polar surface area (TPSA) is 72.5 Å². The number of rotatable bonds is 9. The third-order valence-corrected chi connectivity index (χ3v) is 4.55. The molecule has 30 heavy (non-hydrogen) atoms. The molecule has 2 aromatic carbocycles. The molecule has 0 saturated heterocycles. The van der Waals surface area contributed by atoms with Crippen molar-refractivity contribution in [2.24, 2.45) is 0 Å². The number of carbonyl (C=O) groups excluding carboxylic acids is 1. The van der Waals surface area contributed by atoms with Crippen molar-refractivity contribution < 1.29 is 14.3 Å². The molecule has 0 fully saturated rings. The summed E-state index contributed by atoms with van der Waals surface area (Å²) in [7, 11) is 1.62. The number of pyridine rings is 1. The van der Waals surface area contributed by atoms with Crippen LogP contribution in [0, 0.1) is 6.92 Å². The van der Waals surface area contributed by atoms with Crippen LogP contribution in [0.5, 0.6) is 5.88 Å². The van der Waals surface area contributed by atoms with Crippen molar-refractivity contribution in [1.82, 2.24) is 15.6 Å². The van der Waals surface area contributed by atoms with Crippen molar-refractivity contribution >= 4 is 6.03 Å². The largest absolute Gasteiger partial charge is 0.475 e. The molecule has 0 radical (unpaired) electrons. The fraction of sp³-hybridized carbons (Fsp3) is 0.250. The van der Waals surface area contributed by atoms with E-state index in [1.807, 2.05) is 18.2 Å². The summed E-state index contributed by atoms with van der Waals surface area (Å²) in [6.45, 7) is 3.91. The summed E-state index contributed by atoms with van der Waals surface area (Å²) in [6.07, 6.45) is 1.69. The number of benzene rings is 2. The van der Waals surface area contributed by atoms with E-state index >= 15 is 0 Å². The zero-order chi connectivity index (χ0) is 21.2. The summed E-state index contributed by atoms with van der Waals surface area (Å²) in [5, 5.41) is 5.71. The molecule has 0 bridgehead atoms. The van der Waals surface area contributed by atoms with Crippen LogP contribution in [-0.2, 0) is 17.8 Å². The molecule has 3 rings (SSSR count). The Bertz CT molecular complexity index is 941. The van der Waals surface area contributed by atoms with Gasteiger partial charge >= 0.3 is 6.03 Å². The molecular formula is C24H27N3O3. The van der Waals surface area contributed by atoms with Gasteiger partial charge in [0.2, 0.25) is 5.88 Å². The Kier molecular flexibility index (Phi) is 7.80. The Hall–Kier alpha value is -3.38. The lowest BCUT2D eigenvalue weighted by Crippen LogP contribution is -2.34. The smallest absolute Gasteiger partial charge is 0.315 e. The standard InChI is InChI=1S/C24H27N3O3/c1-18-4-3-5-22(14-18)21-9-6-19(7-10-21)15-26-24(28)27-17-20-8-11-23(25-16-20)30-13-12-29-2/h3-11,14,16H,12-13,15,17H2,1-2H3,(H2,26,27,28). The highest BCUT2D eigenvalue weighted by Crippen LogP contribution is 2.20. The van der Waals surface area contributed by atoms with Gasteiger partial charge in [-0.1, -0.05) is 60.2 Å². The average molecular weight is 405 g/mol. The minimum Gasteiger partial charge on any atom is -0.475 e. The number of nitrogens with one attached hydrogen (secondary N) is 2. The summed E-state index contributed by atoms with van der Waals surface area (Å²) in [5.74, 6) is 0.536. The van der Waals surface area contributed by atoms with Crippen molar-refractivity contribution in [2.75, 3.05) is 20.3 Å². The third-order valence-electron chi connectivity index (χ3n) is 4.55. The first kappa shape index (κ1) is 21.3. The molecule has 0 aliphatic carbocycles. The molecule has 1 aromatic heterocycles. The number of ether oxygens (including phenoxy) is 2. The summed E-state index contributed by atoms with van der Waals surface area (Å²) in [4.78, 5) is 16.3. The Morgan fingerprint density at radius 1 is 0.900 bits per heavy atom. The van der Waals surface area contributed by atoms with E-state index in [9.17, 15) is 4.79 Å². The van der Waals surface area contributed by atoms with Gasteiger partial charge in [0.05, 0.1) is 6.61 Å². The van der Waals surface area contributed by atoms with Crippen LogP contribution in [-0.4, -0.2) is 31.3 Å². The van der Waals surface area contributed by atoms with Gasteiger partial charge < -0.3 is 20.1 Å². The van der Waals surface area contributed by atoms with E-state index in [1.165, 1.54) is 11.1 Å². The zero-order valence-corrected chi connectivity index (χ0v) is 17.4. The number of nitrogens with zero attached hydrogens (tertiary/aromatic N) is 1. The van der Waals surface area contributed by atoms with E-state index in [4.69, 9.17) is 9.47 Å². The maximum atomic E-state index is 12.1. The highest BCUT2D eigenvalue weighted by atomic mass is 16.5. The van der Waals surface area contributed by atoms with Gasteiger partial charge in [0.25, 0.3) is 0 Å². The van der Waals surface area contributed by atoms with E-state index in [2.05, 4.69) is 58.9 Å². The number of methoxy groups -OCH3 is 1. The maximum Gasteiger partial charge on any atom is 0.315 e. The van der Waals surface area contributed by atoms with Crippen molar-refractivity contribution in [3.63, 3.8) is 0 Å². The average Bonchev–Trinajstić information content (AvgIpc) is 2.78. The molecule has 2 N–H and O–H groups in total. The molecule has 0 aliphatic heterocycles. The van der Waals surface area contributed by atoms with Gasteiger partial charge in [-0.2, -0.15) is 0 Å². The second-order valence-corrected chi connectivity index (χ2v) is 6.95. The monoisotopic (exact) mass is 405 g/mol. The van der Waals surface area contributed by atoms with Crippen molar-refractivity contribution in [1.29, 1.82) is 0 Å². The minimum absolute atomic E-state index is 0.224. The second kappa shape index (κ2) is 11.0. The number of urea groups is 1. The molecule has 0 spiro atoms. The maximum absolute atomic E-state index is 12.1. The van der Waals surface area contributed by atoms with Crippen LogP contribution < -0.4 is 15.4 Å². The van der Waals surface area contributed by atoms with Gasteiger partial charge in [-0.25, -0.2) is 9.78 Å². The van der Waals surface area contributed by atoms with E-state index in [0.29, 0.717) is 32.2 Å². The van der Waals surface area contributed by atoms with E-state index in [-0.39, 0.29) is 6.03 Å². The van der Waals surface area contributed by atoms with Gasteiger partial charge in [-0.05, 0) is 29.2 Å². The molecule has 2 amide bonds. The molecule has 6 heteroatoms. The predicted octanol–water partition coefficient (Wildman–Crippen LogP) is 4.08. The molecule has 0 atom stereocenters. The molecule has 1 heterocycles. The Labute approximate surface area is 177 Å². The van der Waals surface area contributed by atoms with Crippen LogP contribution in [0.25, 0.3) is 11.1 Å². The first-order valence-electron chi connectivity index (χ1n) is 9.88. The third kappa shape index (κ3) is 6.60. The molecular weight excluding hydrogens is 378 g/mol. The van der Waals surface area contributed by atoms with E-state index in [0.717, 1.165) is 16.7 Å². The highest BCUT2D eigenvalue weighted by Gasteiger charge is 2.03. The molecule has 0 saturated carbocycles. The molecule has 6 nitrogen and oxygen atoms in total. The quantitative estimate of drug-likeness (QED) is 0.526. The number of hydrogen-bond acceptors (Lipinski definition) is 4. The summed E-state index contributed by atoms with van der Waals surface area (Å²) in [5.41, 5.74) is 5.52. The molecule has 3 aromatic rings. The lowest BCUT2D eigenvalue weighted by molar-refractivity contribution is 0.143. The van der Waals surface area contributed by atoms with Gasteiger partial charge in [0, 0.05) is 32.5 Å². The zero-order valence-electron chi connectivity index (χ0n) is 17.4. The number of aryl methyl sites for hydroxylation is 1. The number of carbonyl (C=O) groups is 1. The van der Waals surface area contributed by atoms with Crippen molar-refractivity contribution in [3.8, 4) is 17.0 Å². The van der Waals surface area contributed by atoms with Crippen molar-refractivity contribution in [3.05, 3.63) is 83.6 Å².